The minimum Gasteiger partial charge on any atom is -0.474 e. The third kappa shape index (κ3) is 3.75. The van der Waals surface area contributed by atoms with Gasteiger partial charge >= 0.3 is 0 Å². The first-order valence-corrected chi connectivity index (χ1v) is 12.2. The minimum atomic E-state index is -3.16. The Morgan fingerprint density at radius 3 is 2.52 bits per heavy atom. The smallest absolute Gasteiger partial charge is 0.221 e. The Morgan fingerprint density at radius 2 is 1.84 bits per heavy atom. The monoisotopic (exact) mass is 439 g/mol. The lowest BCUT2D eigenvalue weighted by molar-refractivity contribution is 0.0910. The Bertz CT molecular complexity index is 1130. The molecule has 1 aromatic heterocycles. The standard InChI is InChI=1S/C22H25N5O3S/c1-14-21(26-20-5-3-2-4-15(20)12-23)24-13-25-22(14)30-18-10-16-6-7-17(11-18)27(16)31(28,29)19-8-9-19/h2-5,13,16-19H,6-11H2,1H3,(H,24,25,26). The summed E-state index contributed by atoms with van der Waals surface area (Å²) in [4.78, 5) is 8.64. The molecule has 1 aromatic carbocycles. The summed E-state index contributed by atoms with van der Waals surface area (Å²) < 4.78 is 33.7. The summed E-state index contributed by atoms with van der Waals surface area (Å²) in [5.74, 6) is 1.08. The fraction of sp³-hybridized carbons (Fsp3) is 0.500. The summed E-state index contributed by atoms with van der Waals surface area (Å²) >= 11 is 0. The van der Waals surface area contributed by atoms with Gasteiger partial charge in [0, 0.05) is 24.9 Å². The van der Waals surface area contributed by atoms with Crippen molar-refractivity contribution in [1.29, 1.82) is 5.26 Å². The van der Waals surface area contributed by atoms with E-state index in [4.69, 9.17) is 4.74 Å². The number of ether oxygens (including phenoxy) is 1. The van der Waals surface area contributed by atoms with E-state index < -0.39 is 10.0 Å². The van der Waals surface area contributed by atoms with E-state index in [2.05, 4.69) is 21.4 Å². The van der Waals surface area contributed by atoms with Gasteiger partial charge in [-0.15, -0.1) is 0 Å². The highest BCUT2D eigenvalue weighted by atomic mass is 32.2. The molecule has 2 unspecified atom stereocenters. The number of nitriles is 1. The van der Waals surface area contributed by atoms with Crippen molar-refractivity contribution in [3.63, 3.8) is 0 Å². The summed E-state index contributed by atoms with van der Waals surface area (Å²) in [6.45, 7) is 1.88. The van der Waals surface area contributed by atoms with E-state index in [0.29, 0.717) is 35.8 Å². The fourth-order valence-electron chi connectivity index (χ4n) is 4.79. The van der Waals surface area contributed by atoms with E-state index in [0.717, 1.165) is 31.2 Å². The predicted octanol–water partition coefficient (Wildman–Crippen LogP) is 3.27. The van der Waals surface area contributed by atoms with Gasteiger partial charge in [-0.2, -0.15) is 9.57 Å². The largest absolute Gasteiger partial charge is 0.474 e. The molecule has 0 amide bonds. The molecule has 2 aromatic rings. The van der Waals surface area contributed by atoms with Crippen LogP contribution in [-0.2, 0) is 10.0 Å². The molecule has 1 saturated carbocycles. The van der Waals surface area contributed by atoms with Gasteiger partial charge in [-0.3, -0.25) is 0 Å². The Balaban J connectivity index is 1.32. The van der Waals surface area contributed by atoms with Crippen LogP contribution in [0.2, 0.25) is 0 Å². The molecular weight excluding hydrogens is 414 g/mol. The van der Waals surface area contributed by atoms with Gasteiger partial charge in [-0.25, -0.2) is 18.4 Å². The normalized spacial score (nSPS) is 25.7. The summed E-state index contributed by atoms with van der Waals surface area (Å²) in [6.07, 6.45) is 6.13. The summed E-state index contributed by atoms with van der Waals surface area (Å²) in [7, 11) is -3.16. The number of anilines is 2. The molecule has 5 rings (SSSR count). The molecule has 1 aliphatic carbocycles. The van der Waals surface area contributed by atoms with Crippen LogP contribution in [0.4, 0.5) is 11.5 Å². The highest BCUT2D eigenvalue weighted by molar-refractivity contribution is 7.90. The maximum absolute atomic E-state index is 12.8. The number of piperidine rings is 1. The van der Waals surface area contributed by atoms with E-state index in [1.54, 1.807) is 10.4 Å². The predicted molar refractivity (Wildman–Crippen MR) is 115 cm³/mol. The number of nitrogens with zero attached hydrogens (tertiary/aromatic N) is 4. The molecule has 0 spiro atoms. The first kappa shape index (κ1) is 20.2. The number of sulfonamides is 1. The maximum Gasteiger partial charge on any atom is 0.221 e. The topological polar surface area (TPSA) is 108 Å². The zero-order valence-corrected chi connectivity index (χ0v) is 18.2. The number of hydrogen-bond acceptors (Lipinski definition) is 7. The first-order valence-electron chi connectivity index (χ1n) is 10.7. The van der Waals surface area contributed by atoms with Crippen LogP contribution in [0.3, 0.4) is 0 Å². The minimum absolute atomic E-state index is 0.0246. The molecule has 0 radical (unpaired) electrons. The maximum atomic E-state index is 12.8. The van der Waals surface area contributed by atoms with Crippen LogP contribution in [0, 0.1) is 18.3 Å². The molecular formula is C22H25N5O3S. The van der Waals surface area contributed by atoms with Crippen LogP contribution < -0.4 is 10.1 Å². The lowest BCUT2D eigenvalue weighted by Crippen LogP contribution is -2.50. The van der Waals surface area contributed by atoms with Crippen molar-refractivity contribution in [2.45, 2.75) is 68.9 Å². The van der Waals surface area contributed by atoms with Crippen molar-refractivity contribution in [3.05, 3.63) is 41.7 Å². The Kier molecular flexibility index (Phi) is 5.07. The van der Waals surface area contributed by atoms with E-state index in [1.165, 1.54) is 6.33 Å². The van der Waals surface area contributed by atoms with Crippen LogP contribution in [0.1, 0.15) is 49.7 Å². The molecule has 2 bridgehead atoms. The number of benzene rings is 1. The summed E-state index contributed by atoms with van der Waals surface area (Å²) in [5.41, 5.74) is 1.97. The van der Waals surface area contributed by atoms with Crippen LogP contribution in [0.15, 0.2) is 30.6 Å². The molecule has 2 aliphatic heterocycles. The van der Waals surface area contributed by atoms with Crippen molar-refractivity contribution in [2.75, 3.05) is 5.32 Å². The lowest BCUT2D eigenvalue weighted by atomic mass is 10.0. The summed E-state index contributed by atoms with van der Waals surface area (Å²) in [6, 6.07) is 9.46. The van der Waals surface area contributed by atoms with E-state index in [1.807, 2.05) is 25.1 Å². The van der Waals surface area contributed by atoms with Crippen LogP contribution in [0.5, 0.6) is 5.88 Å². The highest BCUT2D eigenvalue weighted by Crippen LogP contribution is 2.43. The third-order valence-electron chi connectivity index (χ3n) is 6.48. The molecule has 1 N–H and O–H groups in total. The van der Waals surface area contributed by atoms with Crippen LogP contribution in [0.25, 0.3) is 0 Å². The van der Waals surface area contributed by atoms with Gasteiger partial charge in [0.1, 0.15) is 24.3 Å². The van der Waals surface area contributed by atoms with Gasteiger partial charge in [0.2, 0.25) is 15.9 Å². The van der Waals surface area contributed by atoms with Crippen molar-refractivity contribution < 1.29 is 13.2 Å². The van der Waals surface area contributed by atoms with Gasteiger partial charge < -0.3 is 10.1 Å². The quantitative estimate of drug-likeness (QED) is 0.736. The average molecular weight is 440 g/mol. The molecule has 8 nitrogen and oxygen atoms in total. The lowest BCUT2D eigenvalue weighted by Gasteiger charge is -2.37. The molecule has 2 atom stereocenters. The van der Waals surface area contributed by atoms with Crippen LogP contribution in [-0.4, -0.2) is 46.1 Å². The van der Waals surface area contributed by atoms with Crippen LogP contribution >= 0.6 is 0 Å². The number of para-hydroxylation sites is 1. The SMILES string of the molecule is Cc1c(Nc2ccccc2C#N)ncnc1OC1CC2CCC(C1)N2S(=O)(=O)C1CC1. The molecule has 3 fully saturated rings. The van der Waals surface area contributed by atoms with Crippen molar-refractivity contribution in [1.82, 2.24) is 14.3 Å². The van der Waals surface area contributed by atoms with Gasteiger partial charge in [-0.05, 0) is 44.7 Å². The number of fused-ring (bicyclic) bond motifs is 2. The molecule has 3 aliphatic rings. The van der Waals surface area contributed by atoms with Gasteiger partial charge in [-0.1, -0.05) is 12.1 Å². The second kappa shape index (κ2) is 7.77. The molecule has 9 heteroatoms. The Hall–Kier alpha value is -2.70. The Labute approximate surface area is 182 Å². The summed E-state index contributed by atoms with van der Waals surface area (Å²) in [5, 5.41) is 12.4. The first-order chi connectivity index (χ1) is 15.0. The fourth-order valence-corrected chi connectivity index (χ4v) is 7.08. The van der Waals surface area contributed by atoms with Crippen molar-refractivity contribution >= 4 is 21.5 Å². The van der Waals surface area contributed by atoms with Gasteiger partial charge in [0.05, 0.1) is 22.1 Å². The Morgan fingerprint density at radius 1 is 1.13 bits per heavy atom. The van der Waals surface area contributed by atoms with Gasteiger partial charge in [0.15, 0.2) is 0 Å². The molecule has 2 saturated heterocycles. The number of rotatable bonds is 6. The second-order valence-electron chi connectivity index (χ2n) is 8.61. The van der Waals surface area contributed by atoms with Crippen molar-refractivity contribution in [3.8, 4) is 11.9 Å². The molecule has 31 heavy (non-hydrogen) atoms. The van der Waals surface area contributed by atoms with Gasteiger partial charge in [0.25, 0.3) is 0 Å². The highest BCUT2D eigenvalue weighted by Gasteiger charge is 2.52. The van der Waals surface area contributed by atoms with Crippen molar-refractivity contribution in [2.24, 2.45) is 0 Å². The van der Waals surface area contributed by atoms with E-state index in [9.17, 15) is 13.7 Å². The van der Waals surface area contributed by atoms with E-state index in [-0.39, 0.29) is 23.4 Å². The average Bonchev–Trinajstić information content (AvgIpc) is 3.57. The number of aromatic nitrogens is 2. The molecule has 3 heterocycles. The number of hydrogen-bond donors (Lipinski definition) is 1. The number of nitrogens with one attached hydrogen (secondary N) is 1. The zero-order chi connectivity index (χ0) is 21.6. The second-order valence-corrected chi connectivity index (χ2v) is 10.7. The third-order valence-corrected chi connectivity index (χ3v) is 8.98. The molecule has 162 valence electrons. The zero-order valence-electron chi connectivity index (χ0n) is 17.4. The van der Waals surface area contributed by atoms with E-state index >= 15 is 0 Å².